The van der Waals surface area contributed by atoms with Gasteiger partial charge in [-0.15, -0.1) is 0 Å². The van der Waals surface area contributed by atoms with E-state index in [9.17, 15) is 0 Å². The molecule has 0 N–H and O–H groups in total. The van der Waals surface area contributed by atoms with Crippen molar-refractivity contribution in [1.82, 2.24) is 15.0 Å². The van der Waals surface area contributed by atoms with Crippen LogP contribution in [-0.2, 0) is 5.41 Å². The van der Waals surface area contributed by atoms with E-state index < -0.39 is 0 Å². The normalized spacial score (nSPS) is 13.2. The predicted molar refractivity (Wildman–Crippen MR) is 151 cm³/mol. The van der Waals surface area contributed by atoms with Crippen LogP contribution in [0.15, 0.2) is 120 Å². The molecule has 1 aliphatic carbocycles. The van der Waals surface area contributed by atoms with Gasteiger partial charge < -0.3 is 4.42 Å². The molecule has 0 fully saturated rings. The molecule has 182 valence electrons. The van der Waals surface area contributed by atoms with Gasteiger partial charge in [0.1, 0.15) is 11.5 Å². The van der Waals surface area contributed by atoms with E-state index in [-0.39, 0.29) is 5.41 Å². The maximum atomic E-state index is 6.50. The van der Waals surface area contributed by atoms with Gasteiger partial charge in [0, 0.05) is 38.8 Å². The Bertz CT molecular complexity index is 1730. The second-order valence-electron chi connectivity index (χ2n) is 10.1. The number of aromatic nitrogens is 3. The topological polar surface area (TPSA) is 51.8 Å². The van der Waals surface area contributed by atoms with Gasteiger partial charge in [-0.2, -0.15) is 0 Å². The van der Waals surface area contributed by atoms with Crippen molar-refractivity contribution < 1.29 is 4.42 Å². The van der Waals surface area contributed by atoms with Crippen LogP contribution < -0.4 is 0 Å². The van der Waals surface area contributed by atoms with Gasteiger partial charge in [-0.05, 0) is 17.7 Å². The minimum absolute atomic E-state index is 0.103. The summed E-state index contributed by atoms with van der Waals surface area (Å²) >= 11 is 0. The summed E-state index contributed by atoms with van der Waals surface area (Å²) in [5.41, 5.74) is 7.41. The number of nitrogens with zero attached hydrogens (tertiary/aromatic N) is 3. The van der Waals surface area contributed by atoms with E-state index in [1.54, 1.807) is 0 Å². The summed E-state index contributed by atoms with van der Waals surface area (Å²) in [4.78, 5) is 14.6. The van der Waals surface area contributed by atoms with E-state index in [4.69, 9.17) is 19.4 Å². The van der Waals surface area contributed by atoms with Gasteiger partial charge in [0.25, 0.3) is 0 Å². The van der Waals surface area contributed by atoms with E-state index in [0.717, 1.165) is 33.8 Å². The number of hydrogen-bond donors (Lipinski definition) is 0. The van der Waals surface area contributed by atoms with Crippen LogP contribution in [0.1, 0.15) is 25.0 Å². The molecule has 38 heavy (non-hydrogen) atoms. The Labute approximate surface area is 221 Å². The van der Waals surface area contributed by atoms with Crippen LogP contribution >= 0.6 is 0 Å². The Morgan fingerprint density at radius 3 is 1.68 bits per heavy atom. The van der Waals surface area contributed by atoms with E-state index in [0.29, 0.717) is 17.5 Å². The van der Waals surface area contributed by atoms with Gasteiger partial charge in [-0.3, -0.25) is 0 Å². The zero-order valence-electron chi connectivity index (χ0n) is 21.2. The predicted octanol–water partition coefficient (Wildman–Crippen LogP) is 8.44. The third-order valence-electron chi connectivity index (χ3n) is 7.36. The molecule has 4 nitrogen and oxygen atoms in total. The number of benzene rings is 4. The molecule has 2 heterocycles. The summed E-state index contributed by atoms with van der Waals surface area (Å²) in [5.74, 6) is 3.73. The lowest BCUT2D eigenvalue weighted by atomic mass is 9.83. The van der Waals surface area contributed by atoms with Crippen molar-refractivity contribution in [2.75, 3.05) is 0 Å². The van der Waals surface area contributed by atoms with Gasteiger partial charge >= 0.3 is 0 Å². The Morgan fingerprint density at radius 1 is 0.500 bits per heavy atom. The van der Waals surface area contributed by atoms with Crippen LogP contribution in [0.5, 0.6) is 0 Å². The molecule has 0 spiro atoms. The van der Waals surface area contributed by atoms with Crippen LogP contribution in [0.4, 0.5) is 0 Å². The summed E-state index contributed by atoms with van der Waals surface area (Å²) in [6, 6.07) is 39.0. The fourth-order valence-electron chi connectivity index (χ4n) is 5.32. The van der Waals surface area contributed by atoms with Gasteiger partial charge in [0.2, 0.25) is 0 Å². The first-order valence-electron chi connectivity index (χ1n) is 12.8. The lowest BCUT2D eigenvalue weighted by Crippen LogP contribution is -2.14. The highest BCUT2D eigenvalue weighted by Gasteiger charge is 2.38. The van der Waals surface area contributed by atoms with Crippen molar-refractivity contribution in [2.45, 2.75) is 19.3 Å². The highest BCUT2D eigenvalue weighted by molar-refractivity contribution is 5.80. The SMILES string of the molecule is CC1(C)c2ccccc2-c2oc(-c3cccc(-c4nc(-c5ccccc5)nc(-c5ccccc5)n4)c3)cc21. The zero-order valence-corrected chi connectivity index (χ0v) is 21.2. The minimum Gasteiger partial charge on any atom is -0.456 e. The standard InChI is InChI=1S/C34H25N3O/c1-34(2)27-19-10-9-18-26(27)30-28(34)21-29(38-30)24-16-11-17-25(20-24)33-36-31(22-12-5-3-6-13-22)35-32(37-33)23-14-7-4-8-15-23/h3-21H,1-2H3. The molecule has 1 aliphatic rings. The molecule has 4 aromatic carbocycles. The Hall–Kier alpha value is -4.83. The van der Waals surface area contributed by atoms with Gasteiger partial charge in [-0.1, -0.05) is 117 Å². The first-order chi connectivity index (χ1) is 18.6. The molecule has 0 atom stereocenters. The molecule has 7 rings (SSSR count). The van der Waals surface area contributed by atoms with Crippen LogP contribution in [-0.4, -0.2) is 15.0 Å². The van der Waals surface area contributed by atoms with Gasteiger partial charge in [-0.25, -0.2) is 15.0 Å². The number of rotatable bonds is 4. The molecule has 0 aliphatic heterocycles. The maximum Gasteiger partial charge on any atom is 0.164 e. The molecular formula is C34H25N3O. The molecule has 0 unspecified atom stereocenters. The summed E-state index contributed by atoms with van der Waals surface area (Å²) < 4.78 is 6.50. The molecule has 2 aromatic heterocycles. The van der Waals surface area contributed by atoms with Crippen LogP contribution in [0, 0.1) is 0 Å². The molecule has 0 saturated carbocycles. The molecular weight excluding hydrogens is 466 g/mol. The average Bonchev–Trinajstić information content (AvgIpc) is 3.52. The van der Waals surface area contributed by atoms with Crippen molar-refractivity contribution in [2.24, 2.45) is 0 Å². The smallest absolute Gasteiger partial charge is 0.164 e. The molecule has 0 amide bonds. The minimum atomic E-state index is -0.103. The number of fused-ring (bicyclic) bond motifs is 3. The summed E-state index contributed by atoms with van der Waals surface area (Å²) in [7, 11) is 0. The van der Waals surface area contributed by atoms with Gasteiger partial charge in [0.05, 0.1) is 0 Å². The molecule has 0 radical (unpaired) electrons. The van der Waals surface area contributed by atoms with E-state index in [1.807, 2.05) is 72.8 Å². The van der Waals surface area contributed by atoms with Crippen LogP contribution in [0.3, 0.4) is 0 Å². The van der Waals surface area contributed by atoms with Crippen LogP contribution in [0.2, 0.25) is 0 Å². The van der Waals surface area contributed by atoms with E-state index in [1.165, 1.54) is 16.7 Å². The molecule has 0 saturated heterocycles. The second-order valence-corrected chi connectivity index (χ2v) is 10.1. The molecule has 6 aromatic rings. The first kappa shape index (κ1) is 22.4. The van der Waals surface area contributed by atoms with Crippen LogP contribution in [0.25, 0.3) is 56.8 Å². The summed E-state index contributed by atoms with van der Waals surface area (Å²) in [6.07, 6.45) is 0. The van der Waals surface area contributed by atoms with Crippen molar-refractivity contribution in [3.05, 3.63) is 126 Å². The van der Waals surface area contributed by atoms with Crippen molar-refractivity contribution in [3.8, 4) is 56.8 Å². The zero-order chi connectivity index (χ0) is 25.7. The molecule has 4 heteroatoms. The summed E-state index contributed by atoms with van der Waals surface area (Å²) in [5, 5.41) is 0. The first-order valence-corrected chi connectivity index (χ1v) is 12.8. The largest absolute Gasteiger partial charge is 0.456 e. The third-order valence-corrected chi connectivity index (χ3v) is 7.36. The number of hydrogen-bond acceptors (Lipinski definition) is 4. The highest BCUT2D eigenvalue weighted by atomic mass is 16.3. The lowest BCUT2D eigenvalue weighted by Gasteiger charge is -2.19. The van der Waals surface area contributed by atoms with Crippen molar-refractivity contribution in [1.29, 1.82) is 0 Å². The van der Waals surface area contributed by atoms with Crippen molar-refractivity contribution >= 4 is 0 Å². The Kier molecular flexibility index (Phi) is 5.08. The third kappa shape index (κ3) is 3.65. The maximum absolute atomic E-state index is 6.50. The monoisotopic (exact) mass is 491 g/mol. The van der Waals surface area contributed by atoms with Gasteiger partial charge in [0.15, 0.2) is 17.5 Å². The highest BCUT2D eigenvalue weighted by Crippen LogP contribution is 2.51. The fraction of sp³-hybridized carbons (Fsp3) is 0.0882. The van der Waals surface area contributed by atoms with E-state index >= 15 is 0 Å². The summed E-state index contributed by atoms with van der Waals surface area (Å²) in [6.45, 7) is 4.52. The second kappa shape index (κ2) is 8.63. The Balaban J connectivity index is 1.34. The van der Waals surface area contributed by atoms with E-state index in [2.05, 4.69) is 56.3 Å². The fourth-order valence-corrected chi connectivity index (χ4v) is 5.32. The van der Waals surface area contributed by atoms with Crippen molar-refractivity contribution in [3.63, 3.8) is 0 Å². The number of furan rings is 1. The Morgan fingerprint density at radius 2 is 1.03 bits per heavy atom. The quantitative estimate of drug-likeness (QED) is 0.248. The lowest BCUT2D eigenvalue weighted by molar-refractivity contribution is 0.593. The average molecular weight is 492 g/mol. The molecule has 0 bridgehead atoms.